The topological polar surface area (TPSA) is 182 Å². The zero-order chi connectivity index (χ0) is 23.9. The van der Waals surface area contributed by atoms with Crippen molar-refractivity contribution in [3.63, 3.8) is 0 Å². The number of aliphatic hydroxyl groups excluding tert-OH is 2. The van der Waals surface area contributed by atoms with Gasteiger partial charge in [-0.3, -0.25) is 14.4 Å². The van der Waals surface area contributed by atoms with E-state index < -0.39 is 75.3 Å². The maximum absolute atomic E-state index is 13.5. The van der Waals surface area contributed by atoms with E-state index in [1.165, 1.54) is 13.0 Å². The number of Topliss-reactive ketones (excluding diaryl/α,β-unsaturated/α-hetero) is 2. The number of amides is 1. The van der Waals surface area contributed by atoms with Gasteiger partial charge < -0.3 is 36.2 Å². The average molecular weight is 444 g/mol. The number of phenolic OH excluding ortho intramolecular Hbond substituents is 1. The van der Waals surface area contributed by atoms with Gasteiger partial charge in [-0.25, -0.2) is 0 Å². The highest BCUT2D eigenvalue weighted by atomic mass is 16.3. The van der Waals surface area contributed by atoms with E-state index in [0.717, 1.165) is 0 Å². The molecule has 1 amide bonds. The molecule has 0 heterocycles. The Morgan fingerprint density at radius 2 is 1.78 bits per heavy atom. The summed E-state index contributed by atoms with van der Waals surface area (Å²) in [4.78, 5) is 39.3. The third-order valence-corrected chi connectivity index (χ3v) is 6.92. The third kappa shape index (κ3) is 2.50. The Morgan fingerprint density at radius 1 is 1.16 bits per heavy atom. The molecule has 4 atom stereocenters. The van der Waals surface area contributed by atoms with Crippen LogP contribution in [0.1, 0.15) is 30.9 Å². The van der Waals surface area contributed by atoms with Crippen molar-refractivity contribution >= 4 is 28.9 Å². The number of hydrogen-bond donors (Lipinski definition) is 6. The van der Waals surface area contributed by atoms with Gasteiger partial charge in [0.05, 0.1) is 11.2 Å². The number of benzene rings is 1. The molecule has 0 spiro atoms. The van der Waals surface area contributed by atoms with Crippen LogP contribution < -0.4 is 10.6 Å². The summed E-state index contributed by atoms with van der Waals surface area (Å²) in [5.41, 5.74) is -0.0776. The van der Waals surface area contributed by atoms with Crippen LogP contribution in [0.15, 0.2) is 29.0 Å². The van der Waals surface area contributed by atoms with Crippen LogP contribution in [0.25, 0.3) is 5.76 Å². The number of ketones is 2. The number of anilines is 1. The van der Waals surface area contributed by atoms with Crippen molar-refractivity contribution in [2.75, 3.05) is 19.0 Å². The molecule has 1 aromatic rings. The number of aromatic hydroxyl groups is 1. The lowest BCUT2D eigenvalue weighted by atomic mass is 9.55. The molecule has 10 heteroatoms. The first-order valence-corrected chi connectivity index (χ1v) is 9.99. The lowest BCUT2D eigenvalue weighted by Gasteiger charge is -2.50. The molecule has 3 aliphatic carbocycles. The fourth-order valence-corrected chi connectivity index (χ4v) is 5.35. The van der Waals surface area contributed by atoms with Gasteiger partial charge in [-0.15, -0.1) is 0 Å². The van der Waals surface area contributed by atoms with Crippen LogP contribution in [0.5, 0.6) is 5.75 Å². The van der Waals surface area contributed by atoms with Crippen LogP contribution in [-0.2, 0) is 20.0 Å². The summed E-state index contributed by atoms with van der Waals surface area (Å²) in [6.07, 6.45) is -0.628. The number of carbonyl (C=O) groups excluding carboxylic acids is 3. The SMILES string of the molecule is CN(C)c1ccc(O)c2c1[C@@](C)(O)[C@H]1C[C@H]3CC(=O)C(C(N)=O)=C(O)[C@@]3(O)C(=O)C1=C2O. The van der Waals surface area contributed by atoms with Gasteiger partial charge in [0.2, 0.25) is 5.78 Å². The first-order valence-electron chi connectivity index (χ1n) is 9.99. The van der Waals surface area contributed by atoms with Crippen molar-refractivity contribution in [1.82, 2.24) is 0 Å². The van der Waals surface area contributed by atoms with Gasteiger partial charge in [-0.05, 0) is 25.5 Å². The predicted molar refractivity (Wildman–Crippen MR) is 112 cm³/mol. The number of rotatable bonds is 2. The number of hydrogen-bond acceptors (Lipinski definition) is 9. The molecule has 1 saturated carbocycles. The molecule has 0 radical (unpaired) electrons. The lowest BCUT2D eigenvalue weighted by Crippen LogP contribution is -2.60. The Labute approximate surface area is 182 Å². The number of nitrogens with zero attached hydrogens (tertiary/aromatic N) is 1. The number of phenols is 1. The molecule has 0 bridgehead atoms. The molecule has 0 unspecified atom stereocenters. The monoisotopic (exact) mass is 444 g/mol. The van der Waals surface area contributed by atoms with Gasteiger partial charge in [-0.1, -0.05) is 0 Å². The van der Waals surface area contributed by atoms with Crippen molar-refractivity contribution in [2.24, 2.45) is 17.6 Å². The first kappa shape index (κ1) is 21.8. The van der Waals surface area contributed by atoms with Gasteiger partial charge in [0, 0.05) is 49.2 Å². The zero-order valence-corrected chi connectivity index (χ0v) is 17.7. The van der Waals surface area contributed by atoms with Crippen molar-refractivity contribution in [2.45, 2.75) is 31.0 Å². The summed E-state index contributed by atoms with van der Waals surface area (Å²) in [7, 11) is 3.41. The molecule has 4 rings (SSSR count). The number of carbonyl (C=O) groups is 3. The minimum absolute atomic E-state index is 0.168. The minimum atomic E-state index is -2.68. The highest BCUT2D eigenvalue weighted by molar-refractivity contribution is 6.22. The smallest absolute Gasteiger partial charge is 0.255 e. The Kier molecular flexibility index (Phi) is 4.48. The first-order chi connectivity index (χ1) is 14.8. The summed E-state index contributed by atoms with van der Waals surface area (Å²) < 4.78 is 0. The normalized spacial score (nSPS) is 31.8. The summed E-state index contributed by atoms with van der Waals surface area (Å²) in [6, 6.07) is 2.85. The predicted octanol–water partition coefficient (Wildman–Crippen LogP) is 0.155. The van der Waals surface area contributed by atoms with Gasteiger partial charge in [-0.2, -0.15) is 0 Å². The highest BCUT2D eigenvalue weighted by Crippen LogP contribution is 2.58. The zero-order valence-electron chi connectivity index (χ0n) is 17.7. The van der Waals surface area contributed by atoms with Crippen LogP contribution in [0, 0.1) is 11.8 Å². The Hall–Kier alpha value is -3.37. The molecule has 0 aliphatic heterocycles. The maximum atomic E-state index is 13.5. The third-order valence-electron chi connectivity index (χ3n) is 6.92. The second-order valence-electron chi connectivity index (χ2n) is 8.95. The summed E-state index contributed by atoms with van der Waals surface area (Å²) in [5, 5.41) is 55.0. The fraction of sp³-hybridized carbons (Fsp3) is 0.409. The van der Waals surface area contributed by atoms with E-state index in [1.54, 1.807) is 25.1 Å². The maximum Gasteiger partial charge on any atom is 0.255 e. The average Bonchev–Trinajstić information content (AvgIpc) is 2.68. The molecule has 3 aliphatic rings. The number of fused-ring (bicyclic) bond motifs is 3. The van der Waals surface area contributed by atoms with E-state index in [0.29, 0.717) is 5.69 Å². The molecule has 7 N–H and O–H groups in total. The minimum Gasteiger partial charge on any atom is -0.508 e. The summed E-state index contributed by atoms with van der Waals surface area (Å²) >= 11 is 0. The van der Waals surface area contributed by atoms with E-state index in [2.05, 4.69) is 0 Å². The van der Waals surface area contributed by atoms with Crippen molar-refractivity contribution < 1.29 is 39.9 Å². The molecular weight excluding hydrogens is 420 g/mol. The van der Waals surface area contributed by atoms with Crippen molar-refractivity contribution in [3.8, 4) is 5.75 Å². The quantitative estimate of drug-likeness (QED) is 0.346. The Balaban J connectivity index is 2.04. The Morgan fingerprint density at radius 3 is 2.34 bits per heavy atom. The number of nitrogens with two attached hydrogens (primary N) is 1. The number of primary amides is 1. The number of aliphatic hydroxyl groups is 4. The highest BCUT2D eigenvalue weighted by Gasteiger charge is 2.63. The molecule has 1 aromatic carbocycles. The van der Waals surface area contributed by atoms with Crippen molar-refractivity contribution in [3.05, 3.63) is 40.2 Å². The molecule has 0 aromatic heterocycles. The van der Waals surface area contributed by atoms with Gasteiger partial charge in [0.25, 0.3) is 5.91 Å². The molecule has 10 nitrogen and oxygen atoms in total. The molecular formula is C22H24N2O8. The van der Waals surface area contributed by atoms with Crippen LogP contribution in [0.4, 0.5) is 5.69 Å². The van der Waals surface area contributed by atoms with E-state index in [-0.39, 0.29) is 17.5 Å². The van der Waals surface area contributed by atoms with Crippen molar-refractivity contribution in [1.29, 1.82) is 0 Å². The van der Waals surface area contributed by atoms with E-state index in [4.69, 9.17) is 5.73 Å². The van der Waals surface area contributed by atoms with Gasteiger partial charge >= 0.3 is 0 Å². The fourth-order valence-electron chi connectivity index (χ4n) is 5.35. The second kappa shape index (κ2) is 6.57. The molecule has 0 saturated heterocycles. The summed E-state index contributed by atoms with van der Waals surface area (Å²) in [5.74, 6) is -7.72. The lowest BCUT2D eigenvalue weighted by molar-refractivity contribution is -0.152. The summed E-state index contributed by atoms with van der Waals surface area (Å²) in [6.45, 7) is 1.42. The molecule has 1 fully saturated rings. The molecule has 32 heavy (non-hydrogen) atoms. The van der Waals surface area contributed by atoms with Crippen LogP contribution in [0.3, 0.4) is 0 Å². The van der Waals surface area contributed by atoms with Crippen LogP contribution in [-0.4, -0.2) is 62.7 Å². The van der Waals surface area contributed by atoms with Gasteiger partial charge in [0.1, 0.15) is 22.8 Å². The molecule has 170 valence electrons. The largest absolute Gasteiger partial charge is 0.508 e. The van der Waals surface area contributed by atoms with Crippen LogP contribution in [0.2, 0.25) is 0 Å². The van der Waals surface area contributed by atoms with E-state index >= 15 is 0 Å². The Bertz CT molecular complexity index is 1160. The van der Waals surface area contributed by atoms with Crippen LogP contribution >= 0.6 is 0 Å². The standard InChI is InChI=1S/C22H24N2O8/c1-21(31)9-6-8-7-12(26)15(20(23)30)19(29)22(8,32)18(28)13(9)17(27)14-11(25)5-4-10(16(14)21)24(2)3/h4-5,8-9,25,27,29,31-32H,6-7H2,1-3H3,(H2,23,30)/t8-,9-,21-,22-/m0/s1. The van der Waals surface area contributed by atoms with E-state index in [9.17, 15) is 39.9 Å². The van der Waals surface area contributed by atoms with E-state index in [1.807, 2.05) is 0 Å². The van der Waals surface area contributed by atoms with Gasteiger partial charge in [0.15, 0.2) is 11.4 Å². The second-order valence-corrected chi connectivity index (χ2v) is 8.95.